The van der Waals surface area contributed by atoms with Crippen LogP contribution in [0, 0.1) is 0 Å². The van der Waals surface area contributed by atoms with E-state index in [2.05, 4.69) is 9.97 Å². The SMILES string of the molecule is Oc1cnc(-c2ccc(Cl)cc2)nc1-c1ccccc1Cl. The van der Waals surface area contributed by atoms with Gasteiger partial charge in [0.1, 0.15) is 5.69 Å². The van der Waals surface area contributed by atoms with Gasteiger partial charge in [0.2, 0.25) is 0 Å². The Kier molecular flexibility index (Phi) is 3.78. The Hall–Kier alpha value is -2.10. The van der Waals surface area contributed by atoms with Crippen molar-refractivity contribution in [1.29, 1.82) is 0 Å². The zero-order valence-electron chi connectivity index (χ0n) is 10.8. The fourth-order valence-corrected chi connectivity index (χ4v) is 2.32. The number of nitrogens with zero attached hydrogens (tertiary/aromatic N) is 2. The van der Waals surface area contributed by atoms with Gasteiger partial charge in [0.05, 0.1) is 11.2 Å². The van der Waals surface area contributed by atoms with Crippen molar-refractivity contribution >= 4 is 23.2 Å². The average Bonchev–Trinajstić information content (AvgIpc) is 2.50. The van der Waals surface area contributed by atoms with Gasteiger partial charge in [0.25, 0.3) is 0 Å². The minimum atomic E-state index is -0.0131. The van der Waals surface area contributed by atoms with Crippen LogP contribution < -0.4 is 0 Å². The molecule has 0 saturated heterocycles. The molecule has 0 saturated carbocycles. The molecule has 0 fully saturated rings. The number of rotatable bonds is 2. The van der Waals surface area contributed by atoms with Crippen molar-refractivity contribution < 1.29 is 5.11 Å². The summed E-state index contributed by atoms with van der Waals surface area (Å²) >= 11 is 12.0. The molecule has 0 atom stereocenters. The summed E-state index contributed by atoms with van der Waals surface area (Å²) < 4.78 is 0. The molecule has 1 aromatic heterocycles. The smallest absolute Gasteiger partial charge is 0.160 e. The minimum Gasteiger partial charge on any atom is -0.504 e. The Morgan fingerprint density at radius 2 is 1.62 bits per heavy atom. The molecule has 0 aliphatic carbocycles. The fraction of sp³-hybridized carbons (Fsp3) is 0. The molecule has 0 unspecified atom stereocenters. The van der Waals surface area contributed by atoms with Crippen LogP contribution in [-0.2, 0) is 0 Å². The largest absolute Gasteiger partial charge is 0.504 e. The maximum atomic E-state index is 10.00. The van der Waals surface area contributed by atoms with Gasteiger partial charge >= 0.3 is 0 Å². The molecular formula is C16H10Cl2N2O. The highest BCUT2D eigenvalue weighted by molar-refractivity contribution is 6.33. The number of aromatic nitrogens is 2. The van der Waals surface area contributed by atoms with Gasteiger partial charge in [0, 0.05) is 16.1 Å². The maximum absolute atomic E-state index is 10.00. The summed E-state index contributed by atoms with van der Waals surface area (Å²) in [5, 5.41) is 11.2. The first kappa shape index (κ1) is 13.9. The molecule has 1 N–H and O–H groups in total. The lowest BCUT2D eigenvalue weighted by atomic mass is 10.1. The van der Waals surface area contributed by atoms with Gasteiger partial charge < -0.3 is 5.11 Å². The van der Waals surface area contributed by atoms with Crippen LogP contribution in [0.15, 0.2) is 54.7 Å². The number of hydrogen-bond acceptors (Lipinski definition) is 3. The number of benzene rings is 2. The zero-order valence-corrected chi connectivity index (χ0v) is 12.3. The van der Waals surface area contributed by atoms with E-state index in [1.807, 2.05) is 24.3 Å². The van der Waals surface area contributed by atoms with Gasteiger partial charge in [-0.05, 0) is 30.3 Å². The number of hydrogen-bond donors (Lipinski definition) is 1. The Bertz CT molecular complexity index is 789. The van der Waals surface area contributed by atoms with E-state index in [-0.39, 0.29) is 5.75 Å². The van der Waals surface area contributed by atoms with Crippen molar-refractivity contribution in [2.75, 3.05) is 0 Å². The van der Waals surface area contributed by atoms with E-state index in [1.165, 1.54) is 6.20 Å². The molecule has 0 bridgehead atoms. The summed E-state index contributed by atoms with van der Waals surface area (Å²) in [5.74, 6) is 0.486. The third kappa shape index (κ3) is 2.84. The lowest BCUT2D eigenvalue weighted by Crippen LogP contribution is -1.93. The lowest BCUT2D eigenvalue weighted by Gasteiger charge is -2.08. The van der Waals surface area contributed by atoms with Crippen molar-refractivity contribution in [2.45, 2.75) is 0 Å². The quantitative estimate of drug-likeness (QED) is 0.737. The van der Waals surface area contributed by atoms with Crippen LogP contribution >= 0.6 is 23.2 Å². The molecule has 3 rings (SSSR count). The molecule has 2 aromatic carbocycles. The molecule has 0 radical (unpaired) electrons. The standard InChI is InChI=1S/C16H10Cl2N2O/c17-11-7-5-10(6-8-11)16-19-9-14(21)15(20-16)12-3-1-2-4-13(12)18/h1-9,21H. The summed E-state index contributed by atoms with van der Waals surface area (Å²) in [5.41, 5.74) is 1.88. The van der Waals surface area contributed by atoms with Crippen molar-refractivity contribution in [3.05, 3.63) is 64.8 Å². The molecular weight excluding hydrogens is 307 g/mol. The van der Waals surface area contributed by atoms with Crippen molar-refractivity contribution in [2.24, 2.45) is 0 Å². The molecule has 0 aliphatic heterocycles. The van der Waals surface area contributed by atoms with E-state index in [1.54, 1.807) is 24.3 Å². The van der Waals surface area contributed by atoms with Gasteiger partial charge in [-0.25, -0.2) is 9.97 Å². The molecule has 5 heteroatoms. The highest BCUT2D eigenvalue weighted by Crippen LogP contribution is 2.33. The number of halogens is 2. The molecule has 21 heavy (non-hydrogen) atoms. The highest BCUT2D eigenvalue weighted by Gasteiger charge is 2.12. The minimum absolute atomic E-state index is 0.0131. The molecule has 1 heterocycles. The lowest BCUT2D eigenvalue weighted by molar-refractivity contribution is 0.472. The Balaban J connectivity index is 2.13. The van der Waals surface area contributed by atoms with Crippen LogP contribution in [0.4, 0.5) is 0 Å². The molecule has 104 valence electrons. The molecule has 3 aromatic rings. The maximum Gasteiger partial charge on any atom is 0.160 e. The van der Waals surface area contributed by atoms with E-state index < -0.39 is 0 Å². The van der Waals surface area contributed by atoms with Crippen molar-refractivity contribution in [3.63, 3.8) is 0 Å². The third-order valence-electron chi connectivity index (χ3n) is 3.00. The predicted octanol–water partition coefficient (Wildman–Crippen LogP) is 4.82. The van der Waals surface area contributed by atoms with Crippen LogP contribution in [0.1, 0.15) is 0 Å². The third-order valence-corrected chi connectivity index (χ3v) is 3.58. The van der Waals surface area contributed by atoms with E-state index in [4.69, 9.17) is 23.2 Å². The molecule has 0 amide bonds. The van der Waals surface area contributed by atoms with Gasteiger partial charge in [-0.3, -0.25) is 0 Å². The van der Waals surface area contributed by atoms with Crippen molar-refractivity contribution in [3.8, 4) is 28.4 Å². The Labute approximate surface area is 131 Å². The van der Waals surface area contributed by atoms with Gasteiger partial charge in [-0.15, -0.1) is 0 Å². The van der Waals surface area contributed by atoms with Crippen LogP contribution in [0.2, 0.25) is 10.0 Å². The summed E-state index contributed by atoms with van der Waals surface area (Å²) in [6.45, 7) is 0. The second kappa shape index (κ2) is 5.72. The van der Waals surface area contributed by atoms with E-state index in [9.17, 15) is 5.11 Å². The first-order valence-electron chi connectivity index (χ1n) is 6.22. The van der Waals surface area contributed by atoms with Crippen LogP contribution in [0.25, 0.3) is 22.6 Å². The van der Waals surface area contributed by atoms with Gasteiger partial charge in [-0.2, -0.15) is 0 Å². The normalized spacial score (nSPS) is 10.6. The number of aromatic hydroxyl groups is 1. The van der Waals surface area contributed by atoms with Gasteiger partial charge in [0.15, 0.2) is 11.6 Å². The van der Waals surface area contributed by atoms with Crippen LogP contribution in [0.5, 0.6) is 5.75 Å². The molecule has 0 spiro atoms. The van der Waals surface area contributed by atoms with Gasteiger partial charge in [-0.1, -0.05) is 41.4 Å². The second-order valence-electron chi connectivity index (χ2n) is 4.41. The van der Waals surface area contributed by atoms with E-state index in [0.29, 0.717) is 27.1 Å². The van der Waals surface area contributed by atoms with Crippen LogP contribution in [0.3, 0.4) is 0 Å². The van der Waals surface area contributed by atoms with E-state index in [0.717, 1.165) is 5.56 Å². The highest BCUT2D eigenvalue weighted by atomic mass is 35.5. The summed E-state index contributed by atoms with van der Waals surface area (Å²) in [4.78, 5) is 8.56. The zero-order chi connectivity index (χ0) is 14.8. The topological polar surface area (TPSA) is 46.0 Å². The Morgan fingerprint density at radius 1 is 0.905 bits per heavy atom. The van der Waals surface area contributed by atoms with E-state index >= 15 is 0 Å². The first-order valence-corrected chi connectivity index (χ1v) is 6.97. The second-order valence-corrected chi connectivity index (χ2v) is 5.26. The fourth-order valence-electron chi connectivity index (χ4n) is 1.96. The summed E-state index contributed by atoms with van der Waals surface area (Å²) in [6, 6.07) is 14.4. The van der Waals surface area contributed by atoms with Crippen LogP contribution in [-0.4, -0.2) is 15.1 Å². The van der Waals surface area contributed by atoms with Crippen molar-refractivity contribution in [1.82, 2.24) is 9.97 Å². The summed E-state index contributed by atoms with van der Waals surface area (Å²) in [6.07, 6.45) is 1.37. The summed E-state index contributed by atoms with van der Waals surface area (Å²) in [7, 11) is 0. The Morgan fingerprint density at radius 3 is 2.33 bits per heavy atom. The molecule has 3 nitrogen and oxygen atoms in total. The monoisotopic (exact) mass is 316 g/mol. The first-order chi connectivity index (χ1) is 10.1. The average molecular weight is 317 g/mol. The predicted molar refractivity (Wildman–Crippen MR) is 84.6 cm³/mol. The molecule has 0 aliphatic rings.